The molecule has 1 unspecified atom stereocenters. The van der Waals surface area contributed by atoms with E-state index in [-0.39, 0.29) is 11.6 Å². The predicted molar refractivity (Wildman–Crippen MR) is 83.8 cm³/mol. The van der Waals surface area contributed by atoms with Gasteiger partial charge in [0.15, 0.2) is 0 Å². The molecular formula is C12H16IN3O4. The Morgan fingerprint density at radius 2 is 2.25 bits per heavy atom. The van der Waals surface area contributed by atoms with E-state index in [1.54, 1.807) is 26.2 Å². The molecule has 0 aromatic heterocycles. The van der Waals surface area contributed by atoms with E-state index in [1.165, 1.54) is 6.07 Å². The second-order valence-corrected chi connectivity index (χ2v) is 5.31. The minimum Gasteiger partial charge on any atom is -0.383 e. The Morgan fingerprint density at radius 1 is 1.55 bits per heavy atom. The Hall–Kier alpha value is -1.42. The van der Waals surface area contributed by atoms with Crippen LogP contribution in [0.15, 0.2) is 18.2 Å². The van der Waals surface area contributed by atoms with Gasteiger partial charge in [-0.2, -0.15) is 0 Å². The molecule has 0 radical (unpaired) electrons. The number of ether oxygens (including phenoxy) is 1. The van der Waals surface area contributed by atoms with Crippen LogP contribution in [0.3, 0.4) is 0 Å². The van der Waals surface area contributed by atoms with E-state index in [4.69, 9.17) is 4.74 Å². The quantitative estimate of drug-likeness (QED) is 0.319. The standard InChI is InChI=1S/C12H16IN3O4/c1-8(12(17)14-5-6-20-2)15-10-4-3-9(13)7-11(10)16(18)19/h3-4,7-8,15H,5-6H2,1-2H3,(H,14,17). The van der Waals surface area contributed by atoms with E-state index in [0.717, 1.165) is 3.57 Å². The van der Waals surface area contributed by atoms with Crippen molar-refractivity contribution in [2.45, 2.75) is 13.0 Å². The largest absolute Gasteiger partial charge is 0.383 e. The van der Waals surface area contributed by atoms with Crippen LogP contribution in [0, 0.1) is 13.7 Å². The maximum Gasteiger partial charge on any atom is 0.293 e. The second kappa shape index (κ2) is 8.00. The van der Waals surface area contributed by atoms with E-state index >= 15 is 0 Å². The van der Waals surface area contributed by atoms with Gasteiger partial charge in [-0.15, -0.1) is 0 Å². The molecule has 8 heteroatoms. The van der Waals surface area contributed by atoms with Gasteiger partial charge in [-0.05, 0) is 41.6 Å². The third-order valence-electron chi connectivity index (χ3n) is 2.53. The first-order valence-electron chi connectivity index (χ1n) is 5.93. The SMILES string of the molecule is COCCNC(=O)C(C)Nc1ccc(I)cc1[N+](=O)[O-]. The van der Waals surface area contributed by atoms with Crippen LogP contribution in [0.4, 0.5) is 11.4 Å². The number of methoxy groups -OCH3 is 1. The zero-order valence-corrected chi connectivity index (χ0v) is 13.3. The third kappa shape index (κ3) is 4.93. The fourth-order valence-corrected chi connectivity index (χ4v) is 1.98. The number of halogens is 1. The molecule has 2 N–H and O–H groups in total. The average Bonchev–Trinajstić information content (AvgIpc) is 2.40. The van der Waals surface area contributed by atoms with Crippen LogP contribution < -0.4 is 10.6 Å². The molecule has 1 amide bonds. The molecule has 1 rings (SSSR count). The van der Waals surface area contributed by atoms with Crippen molar-refractivity contribution in [3.05, 3.63) is 31.9 Å². The monoisotopic (exact) mass is 393 g/mol. The van der Waals surface area contributed by atoms with Crippen LogP contribution in [0.25, 0.3) is 0 Å². The van der Waals surface area contributed by atoms with Gasteiger partial charge in [0.1, 0.15) is 11.7 Å². The first-order valence-corrected chi connectivity index (χ1v) is 7.00. The highest BCUT2D eigenvalue weighted by molar-refractivity contribution is 14.1. The van der Waals surface area contributed by atoms with E-state index in [2.05, 4.69) is 10.6 Å². The number of nitro benzene ring substituents is 1. The predicted octanol–water partition coefficient (Wildman–Crippen LogP) is 1.76. The Balaban J connectivity index is 2.72. The van der Waals surface area contributed by atoms with E-state index < -0.39 is 11.0 Å². The van der Waals surface area contributed by atoms with Crippen LogP contribution in [0.2, 0.25) is 0 Å². The summed E-state index contributed by atoms with van der Waals surface area (Å²) in [6, 6.07) is 4.22. The summed E-state index contributed by atoms with van der Waals surface area (Å²) in [5, 5.41) is 16.5. The summed E-state index contributed by atoms with van der Waals surface area (Å²) in [5.41, 5.74) is 0.276. The molecular weight excluding hydrogens is 377 g/mol. The highest BCUT2D eigenvalue weighted by Crippen LogP contribution is 2.26. The number of carbonyl (C=O) groups is 1. The van der Waals surface area contributed by atoms with Crippen molar-refractivity contribution >= 4 is 39.9 Å². The van der Waals surface area contributed by atoms with E-state index in [0.29, 0.717) is 18.8 Å². The Bertz CT molecular complexity index is 496. The highest BCUT2D eigenvalue weighted by Gasteiger charge is 2.19. The minimum absolute atomic E-state index is 0.0477. The van der Waals surface area contributed by atoms with E-state index in [1.807, 2.05) is 22.6 Å². The molecule has 1 atom stereocenters. The lowest BCUT2D eigenvalue weighted by Gasteiger charge is -2.15. The smallest absolute Gasteiger partial charge is 0.293 e. The number of benzene rings is 1. The number of anilines is 1. The van der Waals surface area contributed by atoms with Gasteiger partial charge in [-0.25, -0.2) is 0 Å². The fourth-order valence-electron chi connectivity index (χ4n) is 1.51. The van der Waals surface area contributed by atoms with Crippen molar-refractivity contribution in [1.29, 1.82) is 0 Å². The molecule has 0 saturated carbocycles. The van der Waals surface area contributed by atoms with Crippen LogP contribution in [-0.4, -0.2) is 37.1 Å². The van der Waals surface area contributed by atoms with E-state index in [9.17, 15) is 14.9 Å². The number of hydrogen-bond donors (Lipinski definition) is 2. The lowest BCUT2D eigenvalue weighted by molar-refractivity contribution is -0.384. The van der Waals surface area contributed by atoms with Crippen molar-refractivity contribution in [3.8, 4) is 0 Å². The number of nitrogens with one attached hydrogen (secondary N) is 2. The average molecular weight is 393 g/mol. The number of carbonyl (C=O) groups excluding carboxylic acids is 1. The molecule has 1 aromatic rings. The van der Waals surface area contributed by atoms with Crippen LogP contribution in [-0.2, 0) is 9.53 Å². The lowest BCUT2D eigenvalue weighted by atomic mass is 10.2. The topological polar surface area (TPSA) is 93.5 Å². The molecule has 0 saturated heterocycles. The molecule has 20 heavy (non-hydrogen) atoms. The van der Waals surface area contributed by atoms with Crippen molar-refractivity contribution in [2.24, 2.45) is 0 Å². The summed E-state index contributed by atoms with van der Waals surface area (Å²) in [7, 11) is 1.54. The van der Waals surface area contributed by atoms with Gasteiger partial charge in [0.25, 0.3) is 5.69 Å². The van der Waals surface area contributed by atoms with Gasteiger partial charge in [0, 0.05) is 23.3 Å². The summed E-state index contributed by atoms with van der Waals surface area (Å²) < 4.78 is 5.59. The number of nitrogens with zero attached hydrogens (tertiary/aromatic N) is 1. The normalized spacial score (nSPS) is 11.8. The summed E-state index contributed by atoms with van der Waals surface area (Å²) in [4.78, 5) is 22.3. The van der Waals surface area contributed by atoms with Gasteiger partial charge in [0.05, 0.1) is 11.5 Å². The Labute approximate surface area is 130 Å². The van der Waals surface area contributed by atoms with Crippen LogP contribution in [0.5, 0.6) is 0 Å². The first-order chi connectivity index (χ1) is 9.45. The van der Waals surface area contributed by atoms with Crippen molar-refractivity contribution in [1.82, 2.24) is 5.32 Å². The molecule has 0 spiro atoms. The second-order valence-electron chi connectivity index (χ2n) is 4.07. The molecule has 7 nitrogen and oxygen atoms in total. The summed E-state index contributed by atoms with van der Waals surface area (Å²) in [6.07, 6.45) is 0. The fraction of sp³-hybridized carbons (Fsp3) is 0.417. The molecule has 0 aliphatic carbocycles. The van der Waals surface area contributed by atoms with Gasteiger partial charge in [0.2, 0.25) is 5.91 Å². The number of nitro groups is 1. The van der Waals surface area contributed by atoms with Gasteiger partial charge in [-0.1, -0.05) is 0 Å². The Kier molecular flexibility index (Phi) is 6.65. The Morgan fingerprint density at radius 3 is 2.85 bits per heavy atom. The third-order valence-corrected chi connectivity index (χ3v) is 3.20. The lowest BCUT2D eigenvalue weighted by Crippen LogP contribution is -2.39. The van der Waals surface area contributed by atoms with Gasteiger partial charge in [-0.3, -0.25) is 14.9 Å². The van der Waals surface area contributed by atoms with Crippen molar-refractivity contribution in [3.63, 3.8) is 0 Å². The summed E-state index contributed by atoms with van der Waals surface area (Å²) in [6.45, 7) is 2.46. The zero-order chi connectivity index (χ0) is 15.1. The molecule has 1 aromatic carbocycles. The van der Waals surface area contributed by atoms with Crippen LogP contribution >= 0.6 is 22.6 Å². The number of rotatable bonds is 7. The maximum atomic E-state index is 11.8. The molecule has 0 aliphatic heterocycles. The maximum absolute atomic E-state index is 11.8. The first kappa shape index (κ1) is 16.6. The summed E-state index contributed by atoms with van der Waals surface area (Å²) >= 11 is 2.00. The number of hydrogen-bond acceptors (Lipinski definition) is 5. The summed E-state index contributed by atoms with van der Waals surface area (Å²) in [5.74, 6) is -0.241. The number of amides is 1. The van der Waals surface area contributed by atoms with Gasteiger partial charge >= 0.3 is 0 Å². The molecule has 110 valence electrons. The van der Waals surface area contributed by atoms with Crippen molar-refractivity contribution < 1.29 is 14.5 Å². The van der Waals surface area contributed by atoms with Gasteiger partial charge < -0.3 is 15.4 Å². The molecule has 0 heterocycles. The zero-order valence-electron chi connectivity index (χ0n) is 11.2. The van der Waals surface area contributed by atoms with Crippen molar-refractivity contribution in [2.75, 3.05) is 25.6 Å². The molecule has 0 bridgehead atoms. The minimum atomic E-state index is -0.578. The highest BCUT2D eigenvalue weighted by atomic mass is 127. The molecule has 0 aliphatic rings. The molecule has 0 fully saturated rings. The van der Waals surface area contributed by atoms with Crippen LogP contribution in [0.1, 0.15) is 6.92 Å².